The van der Waals surface area contributed by atoms with Crippen molar-refractivity contribution in [3.8, 4) is 17.2 Å². The zero-order valence-electron chi connectivity index (χ0n) is 30.3. The topological polar surface area (TPSA) is 112 Å². The number of methoxy groups -OCH3 is 3. The molecule has 0 heterocycles. The molecule has 0 aromatic heterocycles. The van der Waals surface area contributed by atoms with Gasteiger partial charge in [0, 0.05) is 17.6 Å². The van der Waals surface area contributed by atoms with E-state index in [0.717, 1.165) is 44.1 Å². The molecule has 2 N–H and O–H groups in total. The number of nitrogens with one attached hydrogen (secondary N) is 2. The molecule has 4 aromatic rings. The Balaban J connectivity index is 1.30. The lowest BCUT2D eigenvalue weighted by atomic mass is 9.97. The van der Waals surface area contributed by atoms with Gasteiger partial charge in [-0.05, 0) is 80.2 Å². The van der Waals surface area contributed by atoms with E-state index in [-0.39, 0.29) is 35.1 Å². The Labute approximate surface area is 307 Å². The summed E-state index contributed by atoms with van der Waals surface area (Å²) in [5.74, 6) is -1.47. The van der Waals surface area contributed by atoms with Crippen LogP contribution in [-0.2, 0) is 33.8 Å². The molecule has 0 aliphatic heterocycles. The van der Waals surface area contributed by atoms with E-state index in [0.29, 0.717) is 25.2 Å². The number of rotatable bonds is 19. The molecule has 1 saturated carbocycles. The standard InChI is InChI=1S/C43H50N2O7/c1-49-38-25-33(26-39(50-2)41(38)51-3)40(46)43(48)45-37-28-35(52-29-32-19-11-6-12-20-32)27-36(37)42(47)44-34(23-13-21-30-15-7-4-8-16-30)24-14-22-31-17-9-5-10-18-31/h4-12,15-20,25-26,34-37H,13-14,21-24,27-29H2,1-3H3,(H,44,47)(H,45,48)/t35-,36-,37-/m1/s1. The van der Waals surface area contributed by atoms with Gasteiger partial charge in [-0.1, -0.05) is 91.0 Å². The molecule has 1 aliphatic carbocycles. The first kappa shape index (κ1) is 38.1. The van der Waals surface area contributed by atoms with Crippen LogP contribution in [0.4, 0.5) is 0 Å². The fourth-order valence-corrected chi connectivity index (χ4v) is 6.93. The largest absolute Gasteiger partial charge is 0.493 e. The Bertz CT molecular complexity index is 1660. The number of benzene rings is 4. The zero-order chi connectivity index (χ0) is 36.7. The average molecular weight is 707 g/mol. The minimum Gasteiger partial charge on any atom is -0.493 e. The lowest BCUT2D eigenvalue weighted by Gasteiger charge is -2.24. The van der Waals surface area contributed by atoms with Crippen LogP contribution in [0.1, 0.15) is 65.6 Å². The van der Waals surface area contributed by atoms with Crippen LogP contribution in [0, 0.1) is 5.92 Å². The minimum atomic E-state index is -0.817. The van der Waals surface area contributed by atoms with Crippen molar-refractivity contribution in [2.45, 2.75) is 76.2 Å². The molecule has 2 amide bonds. The van der Waals surface area contributed by atoms with E-state index in [1.165, 1.54) is 44.6 Å². The fraction of sp³-hybridized carbons (Fsp3) is 0.372. The number of ether oxygens (including phenoxy) is 4. The summed E-state index contributed by atoms with van der Waals surface area (Å²) < 4.78 is 22.4. The Morgan fingerprint density at radius 1 is 0.692 bits per heavy atom. The van der Waals surface area contributed by atoms with E-state index in [2.05, 4.69) is 34.9 Å². The quantitative estimate of drug-likeness (QED) is 0.0806. The molecule has 274 valence electrons. The maximum atomic E-state index is 14.2. The summed E-state index contributed by atoms with van der Waals surface area (Å²) in [5, 5.41) is 6.26. The predicted octanol–water partition coefficient (Wildman–Crippen LogP) is 6.91. The third-order valence-corrected chi connectivity index (χ3v) is 9.70. The molecule has 0 spiro atoms. The number of Topliss-reactive ketones (excluding diaryl/α,β-unsaturated/α-hetero) is 1. The van der Waals surface area contributed by atoms with E-state index in [9.17, 15) is 14.4 Å². The van der Waals surface area contributed by atoms with Crippen molar-refractivity contribution in [3.05, 3.63) is 125 Å². The van der Waals surface area contributed by atoms with E-state index >= 15 is 0 Å². The number of amides is 2. The minimum absolute atomic E-state index is 0.0403. The monoisotopic (exact) mass is 706 g/mol. The maximum absolute atomic E-state index is 14.2. The molecule has 0 radical (unpaired) electrons. The van der Waals surface area contributed by atoms with Crippen LogP contribution < -0.4 is 24.8 Å². The third kappa shape index (κ3) is 10.7. The number of carbonyl (C=O) groups excluding carboxylic acids is 3. The van der Waals surface area contributed by atoms with Gasteiger partial charge >= 0.3 is 0 Å². The summed E-state index contributed by atoms with van der Waals surface area (Å²) in [6, 6.07) is 32.8. The summed E-state index contributed by atoms with van der Waals surface area (Å²) in [4.78, 5) is 41.2. The molecule has 3 atom stereocenters. The molecule has 4 aromatic carbocycles. The van der Waals surface area contributed by atoms with Gasteiger partial charge in [-0.25, -0.2) is 0 Å². The van der Waals surface area contributed by atoms with Gasteiger partial charge in [-0.3, -0.25) is 14.4 Å². The highest BCUT2D eigenvalue weighted by molar-refractivity contribution is 6.43. The van der Waals surface area contributed by atoms with Crippen molar-refractivity contribution in [2.75, 3.05) is 21.3 Å². The van der Waals surface area contributed by atoms with Crippen molar-refractivity contribution >= 4 is 17.6 Å². The normalized spacial score (nSPS) is 16.7. The van der Waals surface area contributed by atoms with Gasteiger partial charge in [-0.2, -0.15) is 0 Å². The van der Waals surface area contributed by atoms with Crippen LogP contribution in [-0.4, -0.2) is 57.1 Å². The van der Waals surface area contributed by atoms with Gasteiger partial charge in [0.2, 0.25) is 17.4 Å². The van der Waals surface area contributed by atoms with Crippen molar-refractivity contribution < 1.29 is 33.3 Å². The van der Waals surface area contributed by atoms with Gasteiger partial charge < -0.3 is 29.6 Å². The second-order valence-electron chi connectivity index (χ2n) is 13.3. The first-order valence-electron chi connectivity index (χ1n) is 18.1. The van der Waals surface area contributed by atoms with Crippen molar-refractivity contribution in [2.24, 2.45) is 5.92 Å². The Morgan fingerprint density at radius 3 is 1.71 bits per heavy atom. The Morgan fingerprint density at radius 2 is 1.21 bits per heavy atom. The first-order valence-corrected chi connectivity index (χ1v) is 18.1. The zero-order valence-corrected chi connectivity index (χ0v) is 30.3. The number of aryl methyl sites for hydroxylation is 2. The smallest absolute Gasteiger partial charge is 0.292 e. The van der Waals surface area contributed by atoms with E-state index in [4.69, 9.17) is 18.9 Å². The van der Waals surface area contributed by atoms with Gasteiger partial charge in [0.05, 0.1) is 40.0 Å². The Hall–Kier alpha value is -5.15. The molecule has 0 saturated heterocycles. The summed E-state index contributed by atoms with van der Waals surface area (Å²) in [6.45, 7) is 0.381. The first-order chi connectivity index (χ1) is 25.4. The van der Waals surface area contributed by atoms with Crippen LogP contribution >= 0.6 is 0 Å². The molecule has 0 bridgehead atoms. The highest BCUT2D eigenvalue weighted by atomic mass is 16.5. The molecular formula is C43H50N2O7. The van der Waals surface area contributed by atoms with Crippen LogP contribution in [0.3, 0.4) is 0 Å². The molecule has 9 nitrogen and oxygen atoms in total. The van der Waals surface area contributed by atoms with Crippen LogP contribution in [0.5, 0.6) is 17.2 Å². The fourth-order valence-electron chi connectivity index (χ4n) is 6.93. The van der Waals surface area contributed by atoms with Crippen molar-refractivity contribution in [3.63, 3.8) is 0 Å². The molecule has 0 unspecified atom stereocenters. The van der Waals surface area contributed by atoms with Crippen molar-refractivity contribution in [1.82, 2.24) is 10.6 Å². The molecule has 1 fully saturated rings. The maximum Gasteiger partial charge on any atom is 0.292 e. The van der Waals surface area contributed by atoms with Gasteiger partial charge in [0.15, 0.2) is 11.5 Å². The lowest BCUT2D eigenvalue weighted by Crippen LogP contribution is -2.48. The molecule has 1 aliphatic rings. The van der Waals surface area contributed by atoms with Gasteiger partial charge in [0.25, 0.3) is 5.91 Å². The number of ketones is 1. The van der Waals surface area contributed by atoms with Crippen LogP contribution in [0.25, 0.3) is 0 Å². The summed E-state index contributed by atoms with van der Waals surface area (Å²) >= 11 is 0. The lowest BCUT2D eigenvalue weighted by molar-refractivity contribution is -0.127. The average Bonchev–Trinajstić information content (AvgIpc) is 3.59. The molecular weight excluding hydrogens is 656 g/mol. The van der Waals surface area contributed by atoms with Crippen LogP contribution in [0.2, 0.25) is 0 Å². The van der Waals surface area contributed by atoms with E-state index < -0.39 is 23.7 Å². The van der Waals surface area contributed by atoms with Gasteiger partial charge in [-0.15, -0.1) is 0 Å². The number of carbonyl (C=O) groups is 3. The summed E-state index contributed by atoms with van der Waals surface area (Å²) in [5.41, 5.74) is 3.64. The van der Waals surface area contributed by atoms with E-state index in [1.54, 1.807) is 0 Å². The predicted molar refractivity (Wildman–Crippen MR) is 201 cm³/mol. The van der Waals surface area contributed by atoms with E-state index in [1.807, 2.05) is 66.7 Å². The SMILES string of the molecule is COc1cc(C(=O)C(=O)N[C@@H]2C[C@H](OCc3ccccc3)C[C@H]2C(=O)NC(CCCc2ccccc2)CCCc2ccccc2)cc(OC)c1OC. The molecule has 9 heteroatoms. The second-order valence-corrected chi connectivity index (χ2v) is 13.3. The third-order valence-electron chi connectivity index (χ3n) is 9.70. The second kappa shape index (κ2) is 19.5. The molecule has 52 heavy (non-hydrogen) atoms. The number of hydrogen-bond donors (Lipinski definition) is 2. The highest BCUT2D eigenvalue weighted by Crippen LogP contribution is 2.38. The van der Waals surface area contributed by atoms with Gasteiger partial charge in [0.1, 0.15) is 0 Å². The Kier molecular flexibility index (Phi) is 14.3. The highest BCUT2D eigenvalue weighted by Gasteiger charge is 2.41. The summed E-state index contributed by atoms with van der Waals surface area (Å²) in [7, 11) is 4.35. The number of hydrogen-bond acceptors (Lipinski definition) is 7. The van der Waals surface area contributed by atoms with Crippen molar-refractivity contribution in [1.29, 1.82) is 0 Å². The molecule has 5 rings (SSSR count). The van der Waals surface area contributed by atoms with Crippen LogP contribution in [0.15, 0.2) is 103 Å². The summed E-state index contributed by atoms with van der Waals surface area (Å²) in [6.07, 6.45) is 5.88.